The van der Waals surface area contributed by atoms with Gasteiger partial charge in [0.25, 0.3) is 10.0 Å². The molecule has 2 rings (SSSR count). The molecule has 24 heavy (non-hydrogen) atoms. The molecule has 130 valence electrons. The first kappa shape index (κ1) is 18.3. The van der Waals surface area contributed by atoms with Crippen LogP contribution in [0.1, 0.15) is 0 Å². The molecule has 2 aromatic rings. The van der Waals surface area contributed by atoms with E-state index < -0.39 is 33.5 Å². The summed E-state index contributed by atoms with van der Waals surface area (Å²) < 4.78 is 80.3. The van der Waals surface area contributed by atoms with Crippen molar-refractivity contribution in [2.24, 2.45) is 0 Å². The van der Waals surface area contributed by atoms with Gasteiger partial charge in [0.15, 0.2) is 6.61 Å². The van der Waals surface area contributed by atoms with E-state index in [1.54, 1.807) is 0 Å². The Morgan fingerprint density at radius 2 is 1.92 bits per heavy atom. The average molecular weight is 385 g/mol. The largest absolute Gasteiger partial charge is 0.468 e. The molecule has 0 atom stereocenters. The molecule has 0 saturated carbocycles. The van der Waals surface area contributed by atoms with Gasteiger partial charge in [0.05, 0.1) is 11.9 Å². The Morgan fingerprint density at radius 3 is 2.46 bits per heavy atom. The smallest absolute Gasteiger partial charge is 0.422 e. The lowest BCUT2D eigenvalue weighted by molar-refractivity contribution is -0.154. The van der Waals surface area contributed by atoms with E-state index in [9.17, 15) is 26.0 Å². The lowest BCUT2D eigenvalue weighted by Crippen LogP contribution is -2.19. The van der Waals surface area contributed by atoms with Crippen molar-refractivity contribution in [2.45, 2.75) is 11.1 Å². The Labute approximate surface area is 139 Å². The number of nitrogens with zero attached hydrogens (tertiary/aromatic N) is 1. The highest BCUT2D eigenvalue weighted by Crippen LogP contribution is 2.23. The van der Waals surface area contributed by atoms with Crippen LogP contribution in [0.2, 0.25) is 5.02 Å². The summed E-state index contributed by atoms with van der Waals surface area (Å²) in [5, 5.41) is 0.0271. The van der Waals surface area contributed by atoms with Gasteiger partial charge in [-0.15, -0.1) is 0 Å². The summed E-state index contributed by atoms with van der Waals surface area (Å²) in [6, 6.07) is 5.19. The summed E-state index contributed by atoms with van der Waals surface area (Å²) in [7, 11) is -4.25. The monoisotopic (exact) mass is 384 g/mol. The third-order valence-corrected chi connectivity index (χ3v) is 4.21. The molecule has 0 aliphatic rings. The van der Waals surface area contributed by atoms with Crippen LogP contribution in [0.15, 0.2) is 41.4 Å². The Kier molecular flexibility index (Phi) is 5.19. The molecule has 1 heterocycles. The van der Waals surface area contributed by atoms with Gasteiger partial charge < -0.3 is 4.74 Å². The van der Waals surface area contributed by atoms with E-state index in [1.165, 1.54) is 6.07 Å². The van der Waals surface area contributed by atoms with Crippen molar-refractivity contribution in [1.82, 2.24) is 4.98 Å². The molecule has 0 radical (unpaired) electrons. The van der Waals surface area contributed by atoms with E-state index in [2.05, 4.69) is 9.72 Å². The highest BCUT2D eigenvalue weighted by atomic mass is 35.5. The second-order valence-electron chi connectivity index (χ2n) is 4.47. The number of ether oxygens (including phenoxy) is 1. The summed E-state index contributed by atoms with van der Waals surface area (Å²) in [6.45, 7) is -1.53. The second kappa shape index (κ2) is 6.81. The number of anilines is 1. The number of hydrogen-bond donors (Lipinski definition) is 1. The Bertz CT molecular complexity index is 826. The van der Waals surface area contributed by atoms with Crippen LogP contribution < -0.4 is 9.46 Å². The maximum absolute atomic E-state index is 13.7. The lowest BCUT2D eigenvalue weighted by Gasteiger charge is -2.10. The molecule has 0 aliphatic carbocycles. The minimum atomic E-state index is -4.52. The fraction of sp³-hybridized carbons (Fsp3) is 0.154. The normalized spacial score (nSPS) is 12.0. The van der Waals surface area contributed by atoms with Gasteiger partial charge in [0, 0.05) is 11.1 Å². The minimum Gasteiger partial charge on any atom is -0.468 e. The molecule has 0 bridgehead atoms. The van der Waals surface area contributed by atoms with Crippen LogP contribution in [-0.4, -0.2) is 26.2 Å². The van der Waals surface area contributed by atoms with E-state index in [0.29, 0.717) is 0 Å². The van der Waals surface area contributed by atoms with Crippen molar-refractivity contribution in [3.63, 3.8) is 0 Å². The molecule has 0 aliphatic heterocycles. The predicted molar refractivity (Wildman–Crippen MR) is 78.0 cm³/mol. The average Bonchev–Trinajstić information content (AvgIpc) is 2.45. The fourth-order valence-electron chi connectivity index (χ4n) is 1.59. The molecule has 11 heteroatoms. The number of nitrogens with one attached hydrogen (secondary N) is 1. The maximum Gasteiger partial charge on any atom is 0.422 e. The zero-order chi connectivity index (χ0) is 18.0. The van der Waals surface area contributed by atoms with Gasteiger partial charge in [0.1, 0.15) is 10.7 Å². The summed E-state index contributed by atoms with van der Waals surface area (Å²) in [6.07, 6.45) is -3.58. The highest BCUT2D eigenvalue weighted by Gasteiger charge is 2.28. The number of aromatic nitrogens is 1. The Hall–Kier alpha value is -2.07. The molecule has 0 saturated heterocycles. The van der Waals surface area contributed by atoms with Gasteiger partial charge in [-0.25, -0.2) is 17.8 Å². The minimum absolute atomic E-state index is 0.0271. The summed E-state index contributed by atoms with van der Waals surface area (Å²) in [5.41, 5.74) is -0.0799. The molecule has 0 unspecified atom stereocenters. The zero-order valence-corrected chi connectivity index (χ0v) is 13.2. The van der Waals surface area contributed by atoms with Gasteiger partial charge in [-0.05, 0) is 24.3 Å². The van der Waals surface area contributed by atoms with Crippen LogP contribution in [0.5, 0.6) is 5.88 Å². The highest BCUT2D eigenvalue weighted by molar-refractivity contribution is 7.92. The predicted octanol–water partition coefficient (Wildman–Crippen LogP) is 3.62. The fourth-order valence-corrected chi connectivity index (χ4v) is 2.85. The Balaban J connectivity index is 2.12. The molecule has 5 nitrogen and oxygen atoms in total. The van der Waals surface area contributed by atoms with Crippen molar-refractivity contribution in [3.05, 3.63) is 47.4 Å². The SMILES string of the molecule is O=S(=O)(Nc1ccc(OCC(F)(F)F)nc1)c1ccc(Cl)cc1F. The van der Waals surface area contributed by atoms with Crippen molar-refractivity contribution in [2.75, 3.05) is 11.3 Å². The maximum atomic E-state index is 13.7. The number of sulfonamides is 1. The van der Waals surface area contributed by atoms with E-state index in [-0.39, 0.29) is 16.6 Å². The summed E-state index contributed by atoms with van der Waals surface area (Å²) in [4.78, 5) is 2.90. The van der Waals surface area contributed by atoms with Gasteiger partial charge in [-0.1, -0.05) is 11.6 Å². The number of alkyl halides is 3. The topological polar surface area (TPSA) is 68.3 Å². The number of halogens is 5. The first-order valence-corrected chi connectivity index (χ1v) is 8.06. The molecule has 0 amide bonds. The van der Waals surface area contributed by atoms with E-state index in [1.807, 2.05) is 4.72 Å². The first-order chi connectivity index (χ1) is 11.1. The molecule has 1 aromatic carbocycles. The zero-order valence-electron chi connectivity index (χ0n) is 11.6. The van der Waals surface area contributed by atoms with E-state index in [4.69, 9.17) is 11.6 Å². The molecule has 0 fully saturated rings. The van der Waals surface area contributed by atoms with Crippen LogP contribution in [0.4, 0.5) is 23.2 Å². The van der Waals surface area contributed by atoms with Crippen LogP contribution in [0.25, 0.3) is 0 Å². The Morgan fingerprint density at radius 1 is 1.21 bits per heavy atom. The van der Waals surface area contributed by atoms with E-state index >= 15 is 0 Å². The molecular weight excluding hydrogens is 376 g/mol. The van der Waals surface area contributed by atoms with Crippen molar-refractivity contribution < 1.29 is 30.7 Å². The third kappa shape index (κ3) is 4.96. The van der Waals surface area contributed by atoms with Crippen LogP contribution in [0.3, 0.4) is 0 Å². The summed E-state index contributed by atoms with van der Waals surface area (Å²) >= 11 is 5.55. The van der Waals surface area contributed by atoms with Crippen molar-refractivity contribution >= 4 is 27.3 Å². The standard InChI is InChI=1S/C13H9ClF4N2O3S/c14-8-1-3-11(10(15)5-8)24(21,22)20-9-2-4-12(19-6-9)23-7-13(16,17)18/h1-6,20H,7H2. The van der Waals surface area contributed by atoms with Crippen LogP contribution in [-0.2, 0) is 10.0 Å². The van der Waals surface area contributed by atoms with Crippen LogP contribution >= 0.6 is 11.6 Å². The molecule has 1 aromatic heterocycles. The number of pyridine rings is 1. The summed E-state index contributed by atoms with van der Waals surface area (Å²) in [5.74, 6) is -1.39. The lowest BCUT2D eigenvalue weighted by atomic mass is 10.3. The van der Waals surface area contributed by atoms with Crippen molar-refractivity contribution in [1.29, 1.82) is 0 Å². The number of hydrogen-bond acceptors (Lipinski definition) is 4. The van der Waals surface area contributed by atoms with Crippen LogP contribution in [0, 0.1) is 5.82 Å². The third-order valence-electron chi connectivity index (χ3n) is 2.56. The molecule has 1 N–H and O–H groups in total. The van der Waals surface area contributed by atoms with Gasteiger partial charge >= 0.3 is 6.18 Å². The van der Waals surface area contributed by atoms with Crippen molar-refractivity contribution in [3.8, 4) is 5.88 Å². The van der Waals surface area contributed by atoms with Gasteiger partial charge in [-0.2, -0.15) is 13.2 Å². The van der Waals surface area contributed by atoms with Gasteiger partial charge in [0.2, 0.25) is 5.88 Å². The number of rotatable bonds is 5. The molecular formula is C13H9ClF4N2O3S. The van der Waals surface area contributed by atoms with E-state index in [0.717, 1.165) is 30.5 Å². The quantitative estimate of drug-likeness (QED) is 0.799. The first-order valence-electron chi connectivity index (χ1n) is 6.20. The van der Waals surface area contributed by atoms with Gasteiger partial charge in [-0.3, -0.25) is 4.72 Å². The molecule has 0 spiro atoms. The second-order valence-corrected chi connectivity index (χ2v) is 6.56. The number of benzene rings is 1.